The molecule has 1 saturated carbocycles. The van der Waals surface area contributed by atoms with E-state index < -0.39 is 0 Å². The lowest BCUT2D eigenvalue weighted by Gasteiger charge is -2.29. The lowest BCUT2D eigenvalue weighted by Crippen LogP contribution is -2.26. The van der Waals surface area contributed by atoms with Crippen molar-refractivity contribution in [3.05, 3.63) is 24.3 Å². The maximum Gasteiger partial charge on any atom is 0.0353 e. The van der Waals surface area contributed by atoms with Crippen LogP contribution in [0.3, 0.4) is 0 Å². The summed E-state index contributed by atoms with van der Waals surface area (Å²) in [5, 5.41) is 3.70. The van der Waals surface area contributed by atoms with Crippen molar-refractivity contribution in [2.45, 2.75) is 56.4 Å². The Morgan fingerprint density at radius 3 is 2.67 bits per heavy atom. The molecule has 100 valence electrons. The van der Waals surface area contributed by atoms with Crippen LogP contribution in [0.25, 0.3) is 0 Å². The predicted octanol–water partition coefficient (Wildman–Crippen LogP) is 5.18. The van der Waals surface area contributed by atoms with E-state index in [0.717, 1.165) is 5.92 Å². The minimum Gasteiger partial charge on any atom is -0.382 e. The number of benzene rings is 1. The highest BCUT2D eigenvalue weighted by Gasteiger charge is 2.20. The number of rotatable bonds is 5. The summed E-state index contributed by atoms with van der Waals surface area (Å²) in [4.78, 5) is 1.35. The molecule has 0 saturated heterocycles. The molecule has 2 heteroatoms. The molecule has 0 bridgehead atoms. The topological polar surface area (TPSA) is 12.0 Å². The van der Waals surface area contributed by atoms with Crippen LogP contribution in [0.1, 0.15) is 45.4 Å². The molecular formula is C16H25NS. The van der Waals surface area contributed by atoms with Crippen molar-refractivity contribution >= 4 is 17.4 Å². The second-order valence-electron chi connectivity index (χ2n) is 5.38. The summed E-state index contributed by atoms with van der Waals surface area (Å²) < 4.78 is 0. The predicted molar refractivity (Wildman–Crippen MR) is 82.5 cm³/mol. The molecule has 18 heavy (non-hydrogen) atoms. The van der Waals surface area contributed by atoms with Gasteiger partial charge >= 0.3 is 0 Å². The van der Waals surface area contributed by atoms with Gasteiger partial charge in [0.05, 0.1) is 0 Å². The van der Waals surface area contributed by atoms with E-state index in [1.54, 1.807) is 0 Å². The number of hydrogen-bond donors (Lipinski definition) is 1. The van der Waals surface area contributed by atoms with Gasteiger partial charge in [-0.05, 0) is 56.1 Å². The van der Waals surface area contributed by atoms with E-state index in [0.29, 0.717) is 6.04 Å². The number of nitrogens with one attached hydrogen (secondary N) is 1. The lowest BCUT2D eigenvalue weighted by atomic mass is 9.83. The Balaban J connectivity index is 1.83. The number of thioether (sulfide) groups is 1. The van der Waals surface area contributed by atoms with E-state index in [2.05, 4.69) is 42.8 Å². The molecule has 1 aromatic carbocycles. The molecular weight excluding hydrogens is 238 g/mol. The van der Waals surface area contributed by atoms with E-state index >= 15 is 0 Å². The highest BCUT2D eigenvalue weighted by molar-refractivity contribution is 7.98. The maximum absolute atomic E-state index is 3.70. The number of anilines is 1. The largest absolute Gasteiger partial charge is 0.382 e. The highest BCUT2D eigenvalue weighted by Crippen LogP contribution is 2.30. The van der Waals surface area contributed by atoms with Crippen molar-refractivity contribution in [3.63, 3.8) is 0 Å². The van der Waals surface area contributed by atoms with Crippen molar-refractivity contribution in [3.8, 4) is 0 Å². The number of hydrogen-bond acceptors (Lipinski definition) is 2. The van der Waals surface area contributed by atoms with Crippen molar-refractivity contribution in [1.29, 1.82) is 0 Å². The van der Waals surface area contributed by atoms with Gasteiger partial charge in [0.25, 0.3) is 0 Å². The van der Waals surface area contributed by atoms with Crippen LogP contribution in [-0.4, -0.2) is 12.3 Å². The first-order valence-corrected chi connectivity index (χ1v) is 8.45. The van der Waals surface area contributed by atoms with E-state index in [1.807, 2.05) is 11.8 Å². The van der Waals surface area contributed by atoms with E-state index in [1.165, 1.54) is 49.1 Å². The minimum atomic E-state index is 0.690. The highest BCUT2D eigenvalue weighted by atomic mass is 32.2. The van der Waals surface area contributed by atoms with Gasteiger partial charge in [-0.25, -0.2) is 0 Å². The summed E-state index contributed by atoms with van der Waals surface area (Å²) >= 11 is 1.81. The molecule has 0 atom stereocenters. The molecule has 1 aliphatic carbocycles. The van der Waals surface area contributed by atoms with Crippen LogP contribution in [0, 0.1) is 5.92 Å². The fraction of sp³-hybridized carbons (Fsp3) is 0.625. The zero-order chi connectivity index (χ0) is 12.8. The van der Waals surface area contributed by atoms with Gasteiger partial charge in [0.2, 0.25) is 0 Å². The smallest absolute Gasteiger partial charge is 0.0353 e. The molecule has 1 nitrogen and oxygen atoms in total. The molecule has 0 aromatic heterocycles. The Hall–Kier alpha value is -0.630. The zero-order valence-corrected chi connectivity index (χ0v) is 12.4. The first kappa shape index (κ1) is 13.8. The fourth-order valence-corrected chi connectivity index (χ4v) is 3.41. The van der Waals surface area contributed by atoms with Crippen molar-refractivity contribution in [1.82, 2.24) is 0 Å². The molecule has 0 unspecified atom stereocenters. The molecule has 1 aromatic rings. The minimum absolute atomic E-state index is 0.690. The van der Waals surface area contributed by atoms with E-state index in [-0.39, 0.29) is 0 Å². The maximum atomic E-state index is 3.70. The van der Waals surface area contributed by atoms with Crippen molar-refractivity contribution in [2.24, 2.45) is 5.92 Å². The zero-order valence-electron chi connectivity index (χ0n) is 11.6. The molecule has 2 rings (SSSR count). The summed E-state index contributed by atoms with van der Waals surface area (Å²) in [5.74, 6) is 0.991. The van der Waals surface area contributed by atoms with Crippen LogP contribution >= 0.6 is 11.8 Å². The molecule has 1 N–H and O–H groups in total. The second-order valence-corrected chi connectivity index (χ2v) is 6.26. The Labute approximate surface area is 116 Å². The molecule has 0 radical (unpaired) electrons. The first-order chi connectivity index (χ1) is 8.81. The standard InChI is InChI=1S/C16H25NS/c1-3-5-13-8-10-14(11-9-13)17-15-6-4-7-16(12-15)18-2/h4,6-7,12-14,17H,3,5,8-11H2,1-2H3. The van der Waals surface area contributed by atoms with Gasteiger partial charge in [-0.1, -0.05) is 25.8 Å². The average Bonchev–Trinajstić information content (AvgIpc) is 2.42. The van der Waals surface area contributed by atoms with Gasteiger partial charge in [-0.2, -0.15) is 0 Å². The lowest BCUT2D eigenvalue weighted by molar-refractivity contribution is 0.319. The van der Waals surface area contributed by atoms with Gasteiger partial charge in [0.1, 0.15) is 0 Å². The Morgan fingerprint density at radius 2 is 2.00 bits per heavy atom. The third-order valence-corrected chi connectivity index (χ3v) is 4.71. The van der Waals surface area contributed by atoms with E-state index in [9.17, 15) is 0 Å². The second kappa shape index (κ2) is 7.08. The van der Waals surface area contributed by atoms with Gasteiger partial charge in [-0.3, -0.25) is 0 Å². The normalized spacial score (nSPS) is 23.9. The van der Waals surface area contributed by atoms with Crippen molar-refractivity contribution < 1.29 is 0 Å². The Kier molecular flexibility index (Phi) is 5.43. The third kappa shape index (κ3) is 3.94. The van der Waals surface area contributed by atoms with E-state index in [4.69, 9.17) is 0 Å². The van der Waals surface area contributed by atoms with Crippen LogP contribution in [0.4, 0.5) is 5.69 Å². The fourth-order valence-electron chi connectivity index (χ4n) is 2.95. The summed E-state index contributed by atoms with van der Waals surface area (Å²) in [6.07, 6.45) is 10.4. The Morgan fingerprint density at radius 1 is 1.22 bits per heavy atom. The molecule has 0 amide bonds. The first-order valence-electron chi connectivity index (χ1n) is 7.22. The monoisotopic (exact) mass is 263 g/mol. The van der Waals surface area contributed by atoms with Crippen LogP contribution < -0.4 is 5.32 Å². The summed E-state index contributed by atoms with van der Waals surface area (Å²) in [6.45, 7) is 2.30. The quantitative estimate of drug-likeness (QED) is 0.735. The molecule has 1 aliphatic rings. The Bertz CT molecular complexity index is 356. The van der Waals surface area contributed by atoms with Gasteiger partial charge < -0.3 is 5.32 Å². The molecule has 0 heterocycles. The third-order valence-electron chi connectivity index (χ3n) is 3.98. The van der Waals surface area contributed by atoms with Crippen LogP contribution in [-0.2, 0) is 0 Å². The average molecular weight is 263 g/mol. The summed E-state index contributed by atoms with van der Waals surface area (Å²) in [7, 11) is 0. The van der Waals surface area contributed by atoms with Crippen LogP contribution in [0.2, 0.25) is 0 Å². The molecule has 0 spiro atoms. The molecule has 0 aliphatic heterocycles. The van der Waals surface area contributed by atoms with Crippen LogP contribution in [0.15, 0.2) is 29.2 Å². The van der Waals surface area contributed by atoms with Crippen molar-refractivity contribution in [2.75, 3.05) is 11.6 Å². The van der Waals surface area contributed by atoms with Gasteiger partial charge in [0.15, 0.2) is 0 Å². The van der Waals surface area contributed by atoms with Gasteiger partial charge in [0, 0.05) is 16.6 Å². The SMILES string of the molecule is CCCC1CCC(Nc2cccc(SC)c2)CC1. The summed E-state index contributed by atoms with van der Waals surface area (Å²) in [5.41, 5.74) is 1.29. The van der Waals surface area contributed by atoms with Gasteiger partial charge in [-0.15, -0.1) is 11.8 Å². The summed E-state index contributed by atoms with van der Waals surface area (Å²) in [6, 6.07) is 9.47. The van der Waals surface area contributed by atoms with Crippen LogP contribution in [0.5, 0.6) is 0 Å². The molecule has 1 fully saturated rings.